The van der Waals surface area contributed by atoms with E-state index >= 15 is 0 Å². The van der Waals surface area contributed by atoms with Gasteiger partial charge >= 0.3 is 0 Å². The summed E-state index contributed by atoms with van der Waals surface area (Å²) in [6.07, 6.45) is 6.11. The molecule has 4 rings (SSSR count). The molecular formula is C25H29NO5. The number of piperidine rings is 1. The zero-order valence-electron chi connectivity index (χ0n) is 17.9. The second kappa shape index (κ2) is 9.98. The first kappa shape index (κ1) is 21.4. The Morgan fingerprint density at radius 3 is 2.74 bits per heavy atom. The maximum absolute atomic E-state index is 12.7. The van der Waals surface area contributed by atoms with Crippen molar-refractivity contribution in [2.45, 2.75) is 31.7 Å². The summed E-state index contributed by atoms with van der Waals surface area (Å²) in [5.74, 6) is 2.15. The highest BCUT2D eigenvalue weighted by Gasteiger charge is 2.28. The topological polar surface area (TPSA) is 68.2 Å². The fourth-order valence-electron chi connectivity index (χ4n) is 4.22. The number of methoxy groups -OCH3 is 1. The van der Waals surface area contributed by atoms with Gasteiger partial charge in [0.25, 0.3) is 0 Å². The summed E-state index contributed by atoms with van der Waals surface area (Å²) in [5, 5.41) is 9.28. The van der Waals surface area contributed by atoms with Crippen LogP contribution in [0.2, 0.25) is 0 Å². The van der Waals surface area contributed by atoms with E-state index in [-0.39, 0.29) is 12.4 Å². The predicted molar refractivity (Wildman–Crippen MR) is 119 cm³/mol. The fraction of sp³-hybridized carbons (Fsp3) is 0.400. The maximum Gasteiger partial charge on any atom is 0.231 e. The second-order valence-electron chi connectivity index (χ2n) is 7.92. The number of Topliss-reactive ketones (excluding diaryl/α,β-unsaturated/α-hetero) is 1. The lowest BCUT2D eigenvalue weighted by molar-refractivity contribution is 0.101. The molecule has 6 nitrogen and oxygen atoms in total. The minimum absolute atomic E-state index is 0.127. The van der Waals surface area contributed by atoms with Gasteiger partial charge in [-0.25, -0.2) is 0 Å². The van der Waals surface area contributed by atoms with Gasteiger partial charge in [-0.05, 0) is 61.7 Å². The van der Waals surface area contributed by atoms with Crippen molar-refractivity contribution in [2.24, 2.45) is 0 Å². The van der Waals surface area contributed by atoms with E-state index in [1.54, 1.807) is 25.3 Å². The van der Waals surface area contributed by atoms with Gasteiger partial charge in [0.05, 0.1) is 12.7 Å². The van der Waals surface area contributed by atoms with Crippen LogP contribution in [-0.4, -0.2) is 55.2 Å². The number of aliphatic hydroxyl groups excluding tert-OH is 1. The normalized spacial score (nSPS) is 19.9. The van der Waals surface area contributed by atoms with Gasteiger partial charge in [-0.3, -0.25) is 9.69 Å². The number of carbonyl (C=O) groups is 1. The van der Waals surface area contributed by atoms with Crippen LogP contribution in [-0.2, 0) is 0 Å². The van der Waals surface area contributed by atoms with Gasteiger partial charge in [0.2, 0.25) is 5.78 Å². The summed E-state index contributed by atoms with van der Waals surface area (Å²) >= 11 is 0. The van der Waals surface area contributed by atoms with E-state index in [0.717, 1.165) is 37.2 Å². The van der Waals surface area contributed by atoms with Crippen molar-refractivity contribution in [2.75, 3.05) is 33.4 Å². The summed E-state index contributed by atoms with van der Waals surface area (Å²) in [5.41, 5.74) is 1.42. The molecule has 0 amide bonds. The molecule has 0 spiro atoms. The van der Waals surface area contributed by atoms with E-state index < -0.39 is 0 Å². The maximum atomic E-state index is 12.7. The van der Waals surface area contributed by atoms with Crippen LogP contribution in [0.5, 0.6) is 17.2 Å². The highest BCUT2D eigenvalue weighted by molar-refractivity contribution is 6.14. The fourth-order valence-corrected chi connectivity index (χ4v) is 4.22. The zero-order chi connectivity index (χ0) is 21.6. The molecule has 1 atom stereocenters. The number of hydrogen-bond acceptors (Lipinski definition) is 6. The van der Waals surface area contributed by atoms with Crippen molar-refractivity contribution < 1.29 is 24.1 Å². The number of nitrogens with zero attached hydrogens (tertiary/aromatic N) is 1. The Morgan fingerprint density at radius 1 is 1.16 bits per heavy atom. The van der Waals surface area contributed by atoms with Gasteiger partial charge in [0.15, 0.2) is 5.76 Å². The number of ketones is 1. The van der Waals surface area contributed by atoms with Gasteiger partial charge in [-0.1, -0.05) is 18.6 Å². The highest BCUT2D eigenvalue weighted by atomic mass is 16.5. The predicted octanol–water partition coefficient (Wildman–Crippen LogP) is 3.93. The molecule has 2 aliphatic rings. The van der Waals surface area contributed by atoms with Gasteiger partial charge < -0.3 is 19.3 Å². The average molecular weight is 424 g/mol. The van der Waals surface area contributed by atoms with Crippen LogP contribution >= 0.6 is 0 Å². The number of benzene rings is 2. The van der Waals surface area contributed by atoms with Crippen molar-refractivity contribution in [1.29, 1.82) is 0 Å². The molecule has 1 N–H and O–H groups in total. The Hall–Kier alpha value is -2.83. The van der Waals surface area contributed by atoms with E-state index in [0.29, 0.717) is 35.5 Å². The molecular weight excluding hydrogens is 394 g/mol. The molecule has 0 saturated carbocycles. The molecule has 31 heavy (non-hydrogen) atoms. The van der Waals surface area contributed by atoms with E-state index in [9.17, 15) is 9.90 Å². The van der Waals surface area contributed by atoms with Crippen molar-refractivity contribution >= 4 is 11.9 Å². The summed E-state index contributed by atoms with van der Waals surface area (Å²) in [6.45, 7) is 2.66. The molecule has 164 valence electrons. The molecule has 0 bridgehead atoms. The number of ether oxygens (including phenoxy) is 3. The van der Waals surface area contributed by atoms with Crippen molar-refractivity contribution in [1.82, 2.24) is 4.90 Å². The van der Waals surface area contributed by atoms with Crippen LogP contribution in [0.25, 0.3) is 6.08 Å². The summed E-state index contributed by atoms with van der Waals surface area (Å²) in [7, 11) is 1.62. The average Bonchev–Trinajstić information content (AvgIpc) is 3.10. The van der Waals surface area contributed by atoms with E-state index in [2.05, 4.69) is 4.90 Å². The molecule has 0 aromatic heterocycles. The van der Waals surface area contributed by atoms with Crippen LogP contribution < -0.4 is 14.2 Å². The molecule has 0 unspecified atom stereocenters. The molecule has 1 fully saturated rings. The third kappa shape index (κ3) is 5.09. The Morgan fingerprint density at radius 2 is 1.97 bits per heavy atom. The first-order chi connectivity index (χ1) is 15.2. The van der Waals surface area contributed by atoms with Crippen LogP contribution in [0, 0.1) is 0 Å². The van der Waals surface area contributed by atoms with Crippen molar-refractivity contribution in [3.63, 3.8) is 0 Å². The molecule has 0 aliphatic carbocycles. The Kier molecular flexibility index (Phi) is 6.89. The standard InChI is InChI=1S/C25H29NO5/c1-29-20-7-5-18(6-8-20)16-24-25(28)22-10-9-21(17-23(22)31-24)30-15-13-26-12-3-2-4-19(26)11-14-27/h5-10,16-17,19,27H,2-4,11-15H2,1H3/t19-/m1/s1. The lowest BCUT2D eigenvalue weighted by atomic mass is 10.00. The van der Waals surface area contributed by atoms with Crippen molar-refractivity contribution in [3.05, 3.63) is 59.4 Å². The quantitative estimate of drug-likeness (QED) is 0.649. The van der Waals surface area contributed by atoms with Gasteiger partial charge in [0, 0.05) is 25.3 Å². The summed E-state index contributed by atoms with van der Waals surface area (Å²) in [6, 6.07) is 13.2. The van der Waals surface area contributed by atoms with Gasteiger partial charge in [-0.2, -0.15) is 0 Å². The van der Waals surface area contributed by atoms with Gasteiger partial charge in [-0.15, -0.1) is 0 Å². The minimum Gasteiger partial charge on any atom is -0.497 e. The summed E-state index contributed by atoms with van der Waals surface area (Å²) in [4.78, 5) is 15.1. The van der Waals surface area contributed by atoms with E-state index in [1.165, 1.54) is 12.8 Å². The highest BCUT2D eigenvalue weighted by Crippen LogP contribution is 2.35. The van der Waals surface area contributed by atoms with Crippen LogP contribution in [0.4, 0.5) is 0 Å². The van der Waals surface area contributed by atoms with E-state index in [1.807, 2.05) is 30.3 Å². The Bertz CT molecular complexity index is 935. The van der Waals surface area contributed by atoms with Crippen LogP contribution in [0.3, 0.4) is 0 Å². The van der Waals surface area contributed by atoms with Gasteiger partial charge in [0.1, 0.15) is 23.9 Å². The SMILES string of the molecule is COc1ccc(C=C2Oc3cc(OCCN4CCCC[C@@H]4CCO)ccc3C2=O)cc1. The smallest absolute Gasteiger partial charge is 0.231 e. The molecule has 2 aromatic carbocycles. The molecule has 1 saturated heterocycles. The largest absolute Gasteiger partial charge is 0.497 e. The molecule has 0 radical (unpaired) electrons. The Balaban J connectivity index is 1.37. The number of allylic oxidation sites excluding steroid dienone is 1. The van der Waals surface area contributed by atoms with Crippen LogP contribution in [0.1, 0.15) is 41.6 Å². The lowest BCUT2D eigenvalue weighted by Crippen LogP contribution is -2.42. The molecule has 2 aliphatic heterocycles. The van der Waals surface area contributed by atoms with E-state index in [4.69, 9.17) is 14.2 Å². The molecule has 6 heteroatoms. The summed E-state index contributed by atoms with van der Waals surface area (Å²) < 4.78 is 16.9. The minimum atomic E-state index is -0.127. The third-order valence-electron chi connectivity index (χ3n) is 5.91. The number of aliphatic hydroxyl groups is 1. The monoisotopic (exact) mass is 423 g/mol. The third-order valence-corrected chi connectivity index (χ3v) is 5.91. The molecule has 2 heterocycles. The first-order valence-corrected chi connectivity index (χ1v) is 10.9. The number of likely N-dealkylation sites (tertiary alicyclic amines) is 1. The first-order valence-electron chi connectivity index (χ1n) is 10.9. The van der Waals surface area contributed by atoms with Crippen LogP contribution in [0.15, 0.2) is 48.2 Å². The molecule has 2 aromatic rings. The van der Waals surface area contributed by atoms with Crippen molar-refractivity contribution in [3.8, 4) is 17.2 Å². The number of carbonyl (C=O) groups excluding carboxylic acids is 1. The number of rotatable bonds is 8. The Labute approximate surface area is 183 Å². The lowest BCUT2D eigenvalue weighted by Gasteiger charge is -2.35. The number of hydrogen-bond donors (Lipinski definition) is 1. The zero-order valence-corrected chi connectivity index (χ0v) is 17.9. The second-order valence-corrected chi connectivity index (χ2v) is 7.92. The number of fused-ring (bicyclic) bond motifs is 1.